The number of nitrogens with one attached hydrogen (secondary N) is 1. The zero-order chi connectivity index (χ0) is 25.9. The van der Waals surface area contributed by atoms with Gasteiger partial charge in [-0.3, -0.25) is 14.3 Å². The highest BCUT2D eigenvalue weighted by Gasteiger charge is 2.27. The molecule has 1 aliphatic rings. The Morgan fingerprint density at radius 1 is 1.08 bits per heavy atom. The molecule has 37 heavy (non-hydrogen) atoms. The van der Waals surface area contributed by atoms with Crippen LogP contribution in [-0.4, -0.2) is 50.0 Å². The molecule has 0 unspecified atom stereocenters. The van der Waals surface area contributed by atoms with Crippen LogP contribution in [0.15, 0.2) is 64.2 Å². The zero-order valence-electron chi connectivity index (χ0n) is 21.3. The van der Waals surface area contributed by atoms with E-state index in [1.54, 1.807) is 11.6 Å². The standard InChI is InChI=1S/C28H33N5O4/c1-19-8-10-23(11-9-19)37-18-22(34)17-33-24-25(31(2)28(36)30-26(24)35)29-27(33)32-14-12-21(13-15-32)16-20-6-4-3-5-7-20/h3-11,21-22,34H,12-18H2,1-2H3,(H,30,35,36)/t22-/m1/s1. The minimum Gasteiger partial charge on any atom is -0.491 e. The lowest BCUT2D eigenvalue weighted by Crippen LogP contribution is -2.37. The van der Waals surface area contributed by atoms with Crippen LogP contribution in [0.5, 0.6) is 5.75 Å². The maximum atomic E-state index is 12.9. The summed E-state index contributed by atoms with van der Waals surface area (Å²) in [5.74, 6) is 1.83. The molecule has 4 aromatic rings. The third kappa shape index (κ3) is 5.46. The van der Waals surface area contributed by atoms with Crippen LogP contribution in [0.1, 0.15) is 24.0 Å². The van der Waals surface area contributed by atoms with Crippen LogP contribution < -0.4 is 20.9 Å². The Kier molecular flexibility index (Phi) is 7.14. The first-order valence-corrected chi connectivity index (χ1v) is 12.7. The number of aromatic nitrogens is 4. The van der Waals surface area contributed by atoms with E-state index < -0.39 is 17.4 Å². The van der Waals surface area contributed by atoms with Gasteiger partial charge >= 0.3 is 5.69 Å². The van der Waals surface area contributed by atoms with E-state index in [0.29, 0.717) is 23.3 Å². The van der Waals surface area contributed by atoms with Crippen LogP contribution in [0.25, 0.3) is 11.2 Å². The summed E-state index contributed by atoms with van der Waals surface area (Å²) < 4.78 is 8.85. The van der Waals surface area contributed by atoms with Gasteiger partial charge in [0.15, 0.2) is 11.2 Å². The first-order chi connectivity index (χ1) is 17.9. The van der Waals surface area contributed by atoms with Gasteiger partial charge in [-0.05, 0) is 49.8 Å². The highest BCUT2D eigenvalue weighted by Crippen LogP contribution is 2.27. The van der Waals surface area contributed by atoms with Gasteiger partial charge in [0.2, 0.25) is 5.95 Å². The fraction of sp³-hybridized carbons (Fsp3) is 0.393. The normalized spacial score (nSPS) is 15.3. The van der Waals surface area contributed by atoms with Crippen LogP contribution >= 0.6 is 0 Å². The van der Waals surface area contributed by atoms with Crippen molar-refractivity contribution in [3.8, 4) is 5.75 Å². The second kappa shape index (κ2) is 10.6. The van der Waals surface area contributed by atoms with Gasteiger partial charge in [0.25, 0.3) is 5.56 Å². The van der Waals surface area contributed by atoms with Gasteiger partial charge in [0.05, 0.1) is 6.54 Å². The van der Waals surface area contributed by atoms with Crippen molar-refractivity contribution in [2.75, 3.05) is 24.6 Å². The highest BCUT2D eigenvalue weighted by atomic mass is 16.5. The molecule has 0 aliphatic carbocycles. The largest absolute Gasteiger partial charge is 0.491 e. The van der Waals surface area contributed by atoms with Crippen LogP contribution in [0.4, 0.5) is 5.95 Å². The number of benzene rings is 2. The van der Waals surface area contributed by atoms with E-state index in [0.717, 1.165) is 37.9 Å². The Balaban J connectivity index is 1.37. The molecular weight excluding hydrogens is 470 g/mol. The first kappa shape index (κ1) is 24.8. The molecule has 2 aromatic carbocycles. The number of nitrogens with zero attached hydrogens (tertiary/aromatic N) is 4. The van der Waals surface area contributed by atoms with Gasteiger partial charge in [-0.1, -0.05) is 48.0 Å². The van der Waals surface area contributed by atoms with Crippen LogP contribution in [-0.2, 0) is 20.0 Å². The average Bonchev–Trinajstić information content (AvgIpc) is 3.28. The van der Waals surface area contributed by atoms with E-state index in [2.05, 4.69) is 34.1 Å². The quantitative estimate of drug-likeness (QED) is 0.383. The van der Waals surface area contributed by atoms with E-state index >= 15 is 0 Å². The average molecular weight is 504 g/mol. The molecule has 2 N–H and O–H groups in total. The summed E-state index contributed by atoms with van der Waals surface area (Å²) in [6, 6.07) is 18.1. The number of rotatable bonds is 8. The van der Waals surface area contributed by atoms with Crippen molar-refractivity contribution in [3.05, 3.63) is 86.6 Å². The number of aryl methyl sites for hydroxylation is 2. The number of ether oxygens (including phenoxy) is 1. The molecule has 3 heterocycles. The summed E-state index contributed by atoms with van der Waals surface area (Å²) in [5, 5.41) is 10.9. The third-order valence-corrected chi connectivity index (χ3v) is 7.11. The smallest absolute Gasteiger partial charge is 0.329 e. The number of H-pyrrole nitrogens is 1. The van der Waals surface area contributed by atoms with Crippen LogP contribution in [0.2, 0.25) is 0 Å². The molecule has 9 nitrogen and oxygen atoms in total. The fourth-order valence-corrected chi connectivity index (χ4v) is 5.01. The topological polar surface area (TPSA) is 105 Å². The van der Waals surface area contributed by atoms with Crippen molar-refractivity contribution in [1.29, 1.82) is 0 Å². The predicted octanol–water partition coefficient (Wildman–Crippen LogP) is 2.63. The van der Waals surface area contributed by atoms with Crippen molar-refractivity contribution < 1.29 is 9.84 Å². The lowest BCUT2D eigenvalue weighted by molar-refractivity contribution is 0.0935. The Hall–Kier alpha value is -3.85. The fourth-order valence-electron chi connectivity index (χ4n) is 5.01. The molecule has 0 spiro atoms. The Labute approximate surface area is 215 Å². The summed E-state index contributed by atoms with van der Waals surface area (Å²) in [7, 11) is 1.59. The van der Waals surface area contributed by atoms with Crippen LogP contribution in [0.3, 0.4) is 0 Å². The second-order valence-corrected chi connectivity index (χ2v) is 9.91. The summed E-state index contributed by atoms with van der Waals surface area (Å²) >= 11 is 0. The van der Waals surface area contributed by atoms with Gasteiger partial charge in [0.1, 0.15) is 18.5 Å². The molecule has 194 valence electrons. The highest BCUT2D eigenvalue weighted by molar-refractivity contribution is 5.74. The summed E-state index contributed by atoms with van der Waals surface area (Å²) in [4.78, 5) is 34.4. The number of imidazole rings is 1. The van der Waals surface area contributed by atoms with Gasteiger partial charge in [-0.2, -0.15) is 4.98 Å². The number of aliphatic hydroxyl groups is 1. The molecular formula is C28H33N5O4. The van der Waals surface area contributed by atoms with E-state index in [9.17, 15) is 14.7 Å². The summed E-state index contributed by atoms with van der Waals surface area (Å²) in [6.07, 6.45) is 2.14. The molecule has 0 radical (unpaired) electrons. The van der Waals surface area contributed by atoms with E-state index in [-0.39, 0.29) is 18.7 Å². The maximum absolute atomic E-state index is 12.9. The maximum Gasteiger partial charge on any atom is 0.329 e. The Bertz CT molecular complexity index is 1460. The Morgan fingerprint density at radius 2 is 1.78 bits per heavy atom. The summed E-state index contributed by atoms with van der Waals surface area (Å²) in [6.45, 7) is 3.73. The number of aliphatic hydroxyl groups excluding tert-OH is 1. The Morgan fingerprint density at radius 3 is 2.49 bits per heavy atom. The number of hydrogen-bond acceptors (Lipinski definition) is 6. The summed E-state index contributed by atoms with van der Waals surface area (Å²) in [5.41, 5.74) is 2.02. The molecule has 1 atom stereocenters. The van der Waals surface area contributed by atoms with Crippen molar-refractivity contribution in [2.24, 2.45) is 13.0 Å². The van der Waals surface area contributed by atoms with Crippen molar-refractivity contribution >= 4 is 17.1 Å². The predicted molar refractivity (Wildman–Crippen MR) is 143 cm³/mol. The van der Waals surface area contributed by atoms with E-state index in [1.807, 2.05) is 37.3 Å². The molecule has 1 saturated heterocycles. The zero-order valence-corrected chi connectivity index (χ0v) is 21.3. The molecule has 1 aliphatic heterocycles. The lowest BCUT2D eigenvalue weighted by Gasteiger charge is -2.33. The van der Waals surface area contributed by atoms with Crippen molar-refractivity contribution in [3.63, 3.8) is 0 Å². The minimum absolute atomic E-state index is 0.0605. The number of hydrogen-bond donors (Lipinski definition) is 2. The number of fused-ring (bicyclic) bond motifs is 1. The van der Waals surface area contributed by atoms with Gasteiger partial charge in [-0.25, -0.2) is 4.79 Å². The van der Waals surface area contributed by atoms with Crippen LogP contribution in [0, 0.1) is 12.8 Å². The number of piperidine rings is 1. The SMILES string of the molecule is Cc1ccc(OC[C@H](O)Cn2c(N3CCC(Cc4ccccc4)CC3)nc3c2c(=O)[nH]c(=O)n3C)cc1. The van der Waals surface area contributed by atoms with Gasteiger partial charge in [0, 0.05) is 20.1 Å². The molecule has 2 aromatic heterocycles. The third-order valence-electron chi connectivity index (χ3n) is 7.11. The molecule has 0 bridgehead atoms. The van der Waals surface area contributed by atoms with Crippen molar-refractivity contribution in [1.82, 2.24) is 19.1 Å². The van der Waals surface area contributed by atoms with E-state index in [4.69, 9.17) is 9.72 Å². The van der Waals surface area contributed by atoms with Gasteiger partial charge in [-0.15, -0.1) is 0 Å². The minimum atomic E-state index is -0.885. The number of aromatic amines is 1. The monoisotopic (exact) mass is 503 g/mol. The molecule has 0 amide bonds. The van der Waals surface area contributed by atoms with E-state index in [1.165, 1.54) is 10.1 Å². The first-order valence-electron chi connectivity index (χ1n) is 12.7. The molecule has 9 heteroatoms. The molecule has 1 fully saturated rings. The second-order valence-electron chi connectivity index (χ2n) is 9.91. The molecule has 5 rings (SSSR count). The molecule has 0 saturated carbocycles. The number of anilines is 1. The van der Waals surface area contributed by atoms with Crippen molar-refractivity contribution in [2.45, 2.75) is 38.8 Å². The van der Waals surface area contributed by atoms with Gasteiger partial charge < -0.3 is 19.3 Å². The lowest BCUT2D eigenvalue weighted by atomic mass is 9.90.